The predicted octanol–water partition coefficient (Wildman–Crippen LogP) is -0.386. The average Bonchev–Trinajstić information content (AvgIpc) is 2.54. The Balaban J connectivity index is 1.80. The van der Waals surface area contributed by atoms with Crippen LogP contribution in [0.25, 0.3) is 0 Å². The van der Waals surface area contributed by atoms with Gasteiger partial charge in [-0.2, -0.15) is 0 Å². The van der Waals surface area contributed by atoms with Crippen molar-refractivity contribution in [3.8, 4) is 0 Å². The molecule has 0 aliphatic carbocycles. The van der Waals surface area contributed by atoms with Gasteiger partial charge in [-0.05, 0) is 25.7 Å². The molecule has 0 bridgehead atoms. The largest absolute Gasteiger partial charge is 0.381 e. The van der Waals surface area contributed by atoms with Gasteiger partial charge in [0.25, 0.3) is 0 Å². The molecule has 7 nitrogen and oxygen atoms in total. The number of urea groups is 1. The van der Waals surface area contributed by atoms with Gasteiger partial charge in [0, 0.05) is 45.9 Å². The molecular formula is C14H26N4O3. The van der Waals surface area contributed by atoms with E-state index < -0.39 is 6.04 Å². The molecule has 0 spiro atoms. The molecule has 7 heteroatoms. The number of amides is 3. The summed E-state index contributed by atoms with van der Waals surface area (Å²) in [6.07, 6.45) is 1.71. The van der Waals surface area contributed by atoms with E-state index in [0.717, 1.165) is 12.8 Å². The fourth-order valence-corrected chi connectivity index (χ4v) is 2.88. The molecule has 0 aromatic heterocycles. The number of carbonyl (C=O) groups excluding carboxylic acids is 2. The van der Waals surface area contributed by atoms with Gasteiger partial charge in [-0.3, -0.25) is 4.79 Å². The lowest BCUT2D eigenvalue weighted by Gasteiger charge is -2.37. The summed E-state index contributed by atoms with van der Waals surface area (Å²) in [5, 5.41) is 2.78. The minimum absolute atomic E-state index is 0.0115. The van der Waals surface area contributed by atoms with Gasteiger partial charge in [-0.1, -0.05) is 0 Å². The molecule has 3 N–H and O–H groups in total. The molecule has 21 heavy (non-hydrogen) atoms. The Morgan fingerprint density at radius 1 is 1.19 bits per heavy atom. The lowest BCUT2D eigenvalue weighted by molar-refractivity contribution is -0.136. The first-order chi connectivity index (χ1) is 10.1. The van der Waals surface area contributed by atoms with Crippen molar-refractivity contribution in [2.75, 3.05) is 45.9 Å². The van der Waals surface area contributed by atoms with Crippen LogP contribution in [0.2, 0.25) is 0 Å². The highest BCUT2D eigenvalue weighted by Crippen LogP contribution is 2.19. The lowest BCUT2D eigenvalue weighted by Crippen LogP contribution is -2.57. The number of nitrogens with zero attached hydrogens (tertiary/aromatic N) is 2. The molecule has 0 aromatic carbocycles. The fraction of sp³-hybridized carbons (Fsp3) is 0.857. The van der Waals surface area contributed by atoms with Gasteiger partial charge < -0.3 is 25.6 Å². The van der Waals surface area contributed by atoms with E-state index in [1.54, 1.807) is 9.80 Å². The zero-order chi connectivity index (χ0) is 15.2. The molecule has 0 saturated carbocycles. The second kappa shape index (κ2) is 7.61. The van der Waals surface area contributed by atoms with E-state index in [9.17, 15) is 9.59 Å². The van der Waals surface area contributed by atoms with E-state index in [-0.39, 0.29) is 17.9 Å². The van der Waals surface area contributed by atoms with Crippen LogP contribution in [0.5, 0.6) is 0 Å². The number of carbonyl (C=O) groups is 2. The van der Waals surface area contributed by atoms with Crippen molar-refractivity contribution in [3.63, 3.8) is 0 Å². The molecule has 2 rings (SSSR count). The second-order valence-electron chi connectivity index (χ2n) is 5.62. The Morgan fingerprint density at radius 2 is 1.76 bits per heavy atom. The molecule has 120 valence electrons. The maximum absolute atomic E-state index is 12.4. The second-order valence-corrected chi connectivity index (χ2v) is 5.62. The number of nitrogens with two attached hydrogens (primary N) is 1. The SMILES string of the molecule is CCNC(=O)N1CCN(C(=O)C(N)C2CCOCC2)CC1. The maximum atomic E-state index is 12.4. The molecule has 0 radical (unpaired) electrons. The summed E-state index contributed by atoms with van der Waals surface area (Å²) < 4.78 is 5.31. The average molecular weight is 298 g/mol. The van der Waals surface area contributed by atoms with Gasteiger partial charge in [0.1, 0.15) is 0 Å². The molecule has 2 fully saturated rings. The van der Waals surface area contributed by atoms with Gasteiger partial charge in [0.05, 0.1) is 6.04 Å². The lowest BCUT2D eigenvalue weighted by atomic mass is 9.91. The normalized spacial score (nSPS) is 22.0. The fourth-order valence-electron chi connectivity index (χ4n) is 2.88. The van der Waals surface area contributed by atoms with Crippen molar-refractivity contribution in [2.24, 2.45) is 11.7 Å². The predicted molar refractivity (Wildman–Crippen MR) is 78.7 cm³/mol. The molecule has 0 aromatic rings. The third kappa shape index (κ3) is 4.07. The quantitative estimate of drug-likeness (QED) is 0.743. The van der Waals surface area contributed by atoms with Crippen molar-refractivity contribution in [1.29, 1.82) is 0 Å². The van der Waals surface area contributed by atoms with Crippen LogP contribution in [-0.2, 0) is 9.53 Å². The molecule has 2 saturated heterocycles. The van der Waals surface area contributed by atoms with Gasteiger partial charge in [0.15, 0.2) is 0 Å². The summed E-state index contributed by atoms with van der Waals surface area (Å²) in [4.78, 5) is 27.7. The van der Waals surface area contributed by atoms with Crippen LogP contribution in [0, 0.1) is 5.92 Å². The highest BCUT2D eigenvalue weighted by Gasteiger charge is 2.32. The van der Waals surface area contributed by atoms with E-state index in [2.05, 4.69) is 5.32 Å². The first-order valence-corrected chi connectivity index (χ1v) is 7.78. The van der Waals surface area contributed by atoms with Gasteiger partial charge in [0.2, 0.25) is 5.91 Å². The number of rotatable bonds is 3. The first-order valence-electron chi connectivity index (χ1n) is 7.78. The maximum Gasteiger partial charge on any atom is 0.317 e. The number of piperazine rings is 1. The molecule has 3 amide bonds. The van der Waals surface area contributed by atoms with Crippen molar-refractivity contribution >= 4 is 11.9 Å². The number of hydrogen-bond acceptors (Lipinski definition) is 4. The molecule has 2 heterocycles. The molecular weight excluding hydrogens is 272 g/mol. The summed E-state index contributed by atoms with van der Waals surface area (Å²) in [6.45, 7) is 6.15. The Bertz CT molecular complexity index is 363. The zero-order valence-corrected chi connectivity index (χ0v) is 12.7. The van der Waals surface area contributed by atoms with Gasteiger partial charge in [-0.25, -0.2) is 4.79 Å². The van der Waals surface area contributed by atoms with E-state index in [1.807, 2.05) is 6.92 Å². The molecule has 1 atom stereocenters. The van der Waals surface area contributed by atoms with Crippen LogP contribution in [0.15, 0.2) is 0 Å². The van der Waals surface area contributed by atoms with Crippen LogP contribution in [0.4, 0.5) is 4.79 Å². The van der Waals surface area contributed by atoms with Crippen LogP contribution < -0.4 is 11.1 Å². The van der Waals surface area contributed by atoms with E-state index in [4.69, 9.17) is 10.5 Å². The van der Waals surface area contributed by atoms with E-state index in [1.165, 1.54) is 0 Å². The number of ether oxygens (including phenoxy) is 1. The van der Waals surface area contributed by atoms with Crippen LogP contribution >= 0.6 is 0 Å². The highest BCUT2D eigenvalue weighted by molar-refractivity contribution is 5.82. The molecule has 1 unspecified atom stereocenters. The summed E-state index contributed by atoms with van der Waals surface area (Å²) in [6, 6.07) is -0.497. The number of nitrogens with one attached hydrogen (secondary N) is 1. The summed E-state index contributed by atoms with van der Waals surface area (Å²) >= 11 is 0. The zero-order valence-electron chi connectivity index (χ0n) is 12.7. The Morgan fingerprint density at radius 3 is 2.33 bits per heavy atom. The minimum Gasteiger partial charge on any atom is -0.381 e. The van der Waals surface area contributed by atoms with Gasteiger partial charge in [-0.15, -0.1) is 0 Å². The number of hydrogen-bond donors (Lipinski definition) is 2. The van der Waals surface area contributed by atoms with E-state index >= 15 is 0 Å². The Kier molecular flexibility index (Phi) is 5.81. The van der Waals surface area contributed by atoms with Crippen molar-refractivity contribution < 1.29 is 14.3 Å². The van der Waals surface area contributed by atoms with Crippen LogP contribution in [-0.4, -0.2) is 73.7 Å². The summed E-state index contributed by atoms with van der Waals surface area (Å²) in [5.41, 5.74) is 6.13. The summed E-state index contributed by atoms with van der Waals surface area (Å²) in [7, 11) is 0. The van der Waals surface area contributed by atoms with E-state index in [0.29, 0.717) is 45.9 Å². The highest BCUT2D eigenvalue weighted by atomic mass is 16.5. The summed E-state index contributed by atoms with van der Waals surface area (Å²) in [5.74, 6) is 0.227. The van der Waals surface area contributed by atoms with Crippen LogP contribution in [0.3, 0.4) is 0 Å². The Labute approximate surface area is 125 Å². The molecule has 2 aliphatic rings. The third-order valence-electron chi connectivity index (χ3n) is 4.27. The van der Waals surface area contributed by atoms with Crippen molar-refractivity contribution in [1.82, 2.24) is 15.1 Å². The van der Waals surface area contributed by atoms with Crippen molar-refractivity contribution in [3.05, 3.63) is 0 Å². The third-order valence-corrected chi connectivity index (χ3v) is 4.27. The minimum atomic E-state index is -0.440. The van der Waals surface area contributed by atoms with Crippen molar-refractivity contribution in [2.45, 2.75) is 25.8 Å². The first kappa shape index (κ1) is 16.0. The van der Waals surface area contributed by atoms with Crippen LogP contribution in [0.1, 0.15) is 19.8 Å². The van der Waals surface area contributed by atoms with Gasteiger partial charge >= 0.3 is 6.03 Å². The molecule has 2 aliphatic heterocycles. The monoisotopic (exact) mass is 298 g/mol. The Hall–Kier alpha value is -1.34. The standard InChI is InChI=1S/C14H26N4O3/c1-2-16-14(20)18-7-5-17(6-8-18)13(19)12(15)11-3-9-21-10-4-11/h11-12H,2-10,15H2,1H3,(H,16,20). The topological polar surface area (TPSA) is 87.9 Å². The smallest absolute Gasteiger partial charge is 0.317 e.